The zero-order valence-electron chi connectivity index (χ0n) is 17.9. The summed E-state index contributed by atoms with van der Waals surface area (Å²) in [6.45, 7) is 4.38. The number of aromatic nitrogens is 3. The van der Waals surface area contributed by atoms with Crippen molar-refractivity contribution in [3.63, 3.8) is 0 Å². The number of nitrogens with zero attached hydrogens (tertiary/aromatic N) is 3. The molecule has 0 aliphatic carbocycles. The Morgan fingerprint density at radius 1 is 1.16 bits per heavy atom. The first kappa shape index (κ1) is 21.7. The number of carboxylic acid groups (broad SMARTS) is 1. The summed E-state index contributed by atoms with van der Waals surface area (Å²) in [5, 5.41) is 13.6. The number of carboxylic acids is 1. The first-order valence-corrected chi connectivity index (χ1v) is 11.3. The second-order valence-corrected chi connectivity index (χ2v) is 8.34. The van der Waals surface area contributed by atoms with Gasteiger partial charge >= 0.3 is 12.0 Å². The molecule has 0 radical (unpaired) electrons. The number of rotatable bonds is 9. The van der Waals surface area contributed by atoms with Crippen LogP contribution in [0, 0.1) is 0 Å². The number of nitrogens with one attached hydrogen (secondary N) is 1. The van der Waals surface area contributed by atoms with E-state index >= 15 is 0 Å². The van der Waals surface area contributed by atoms with Gasteiger partial charge in [-0.2, -0.15) is 0 Å². The van der Waals surface area contributed by atoms with Gasteiger partial charge in [-0.25, -0.2) is 15.0 Å². The molecule has 4 rings (SSSR count). The topological polar surface area (TPSA) is 97.2 Å². The molecule has 32 heavy (non-hydrogen) atoms. The lowest BCUT2D eigenvalue weighted by atomic mass is 9.92. The second-order valence-electron chi connectivity index (χ2n) is 7.31. The molecule has 0 bridgehead atoms. The van der Waals surface area contributed by atoms with E-state index < -0.39 is 5.97 Å². The Morgan fingerprint density at radius 2 is 1.94 bits per heavy atom. The van der Waals surface area contributed by atoms with Crippen LogP contribution in [0.2, 0.25) is 0 Å². The number of carbonyl (C=O) groups is 1. The monoisotopic (exact) mass is 448 g/mol. The Hall–Kier alpha value is -3.52. The lowest BCUT2D eigenvalue weighted by Gasteiger charge is -2.17. The average molecular weight is 449 g/mol. The maximum Gasteiger partial charge on any atom is 0.316 e. The molecule has 164 valence electrons. The number of fused-ring (bicyclic) bond motifs is 1. The molecule has 2 aromatic carbocycles. The summed E-state index contributed by atoms with van der Waals surface area (Å²) in [5.41, 5.74) is 4.39. The van der Waals surface area contributed by atoms with Gasteiger partial charge in [0.25, 0.3) is 0 Å². The Bertz CT molecular complexity index is 1190. The van der Waals surface area contributed by atoms with E-state index in [9.17, 15) is 9.90 Å². The lowest BCUT2D eigenvalue weighted by Crippen LogP contribution is -2.06. The van der Waals surface area contributed by atoms with Gasteiger partial charge in [0.1, 0.15) is 5.01 Å². The molecule has 2 heterocycles. The van der Waals surface area contributed by atoms with Crippen LogP contribution in [-0.2, 0) is 4.79 Å². The number of hydrogen-bond acceptors (Lipinski definition) is 7. The summed E-state index contributed by atoms with van der Waals surface area (Å²) in [4.78, 5) is 24.6. The Morgan fingerprint density at radius 3 is 2.62 bits per heavy atom. The van der Waals surface area contributed by atoms with Crippen LogP contribution in [0.15, 0.2) is 54.9 Å². The number of anilines is 2. The van der Waals surface area contributed by atoms with Crippen molar-refractivity contribution in [3.05, 3.63) is 60.4 Å². The molecule has 2 aromatic heterocycles. The number of ether oxygens (including phenoxy) is 1. The van der Waals surface area contributed by atoms with Crippen LogP contribution in [0.1, 0.15) is 38.2 Å². The highest BCUT2D eigenvalue weighted by molar-refractivity contribution is 7.21. The van der Waals surface area contributed by atoms with Gasteiger partial charge in [-0.1, -0.05) is 25.1 Å². The first-order chi connectivity index (χ1) is 15.6. The molecule has 0 spiro atoms. The van der Waals surface area contributed by atoms with E-state index in [0.717, 1.165) is 38.5 Å². The summed E-state index contributed by atoms with van der Waals surface area (Å²) >= 11 is 1.62. The van der Waals surface area contributed by atoms with Crippen molar-refractivity contribution < 1.29 is 14.6 Å². The molecule has 1 atom stereocenters. The summed E-state index contributed by atoms with van der Waals surface area (Å²) in [6.07, 6.45) is 4.16. The summed E-state index contributed by atoms with van der Waals surface area (Å²) in [6, 6.07) is 14.4. The van der Waals surface area contributed by atoms with Crippen LogP contribution in [0.3, 0.4) is 0 Å². The minimum atomic E-state index is -0.804. The van der Waals surface area contributed by atoms with E-state index in [1.165, 1.54) is 0 Å². The van der Waals surface area contributed by atoms with Crippen LogP contribution >= 0.6 is 11.3 Å². The summed E-state index contributed by atoms with van der Waals surface area (Å²) in [7, 11) is 0. The molecule has 0 amide bonds. The molecule has 7 nitrogen and oxygen atoms in total. The third kappa shape index (κ3) is 4.86. The van der Waals surface area contributed by atoms with E-state index in [0.29, 0.717) is 18.3 Å². The number of aliphatic carboxylic acids is 1. The zero-order valence-corrected chi connectivity index (χ0v) is 18.7. The van der Waals surface area contributed by atoms with Crippen LogP contribution in [-0.4, -0.2) is 32.6 Å². The Labute approximate surface area is 190 Å². The largest absolute Gasteiger partial charge is 0.481 e. The van der Waals surface area contributed by atoms with Crippen molar-refractivity contribution in [2.75, 3.05) is 11.9 Å². The maximum absolute atomic E-state index is 11.3. The van der Waals surface area contributed by atoms with Gasteiger partial charge in [-0.15, -0.1) is 11.3 Å². The molecule has 2 N–H and O–H groups in total. The summed E-state index contributed by atoms with van der Waals surface area (Å²) in [5.74, 6) is -0.879. The van der Waals surface area contributed by atoms with E-state index in [-0.39, 0.29) is 12.3 Å². The van der Waals surface area contributed by atoms with Crippen molar-refractivity contribution in [2.24, 2.45) is 0 Å². The van der Waals surface area contributed by atoms with Crippen molar-refractivity contribution in [1.29, 1.82) is 0 Å². The maximum atomic E-state index is 11.3. The third-order valence-corrected chi connectivity index (χ3v) is 6.20. The van der Waals surface area contributed by atoms with Gasteiger partial charge in [-0.3, -0.25) is 4.79 Å². The van der Waals surface area contributed by atoms with E-state index in [2.05, 4.69) is 21.4 Å². The molecule has 0 fully saturated rings. The van der Waals surface area contributed by atoms with Gasteiger partial charge < -0.3 is 15.2 Å². The molecular weight excluding hydrogens is 424 g/mol. The van der Waals surface area contributed by atoms with Gasteiger partial charge in [0.15, 0.2) is 0 Å². The highest BCUT2D eigenvalue weighted by Crippen LogP contribution is 2.38. The second kappa shape index (κ2) is 9.74. The fourth-order valence-corrected chi connectivity index (χ4v) is 4.55. The predicted octanol–water partition coefficient (Wildman–Crippen LogP) is 5.86. The smallest absolute Gasteiger partial charge is 0.316 e. The molecular formula is C24H24N4O3S. The van der Waals surface area contributed by atoms with Crippen molar-refractivity contribution in [1.82, 2.24) is 15.0 Å². The SMILES string of the molecule is CCOc1ncc(Nc2cc(C(CC)CC(=O)O)ccc2-c2nc3ccccc3s2)cn1. The van der Waals surface area contributed by atoms with E-state index in [4.69, 9.17) is 9.72 Å². The lowest BCUT2D eigenvalue weighted by molar-refractivity contribution is -0.137. The van der Waals surface area contributed by atoms with E-state index in [1.54, 1.807) is 23.7 Å². The van der Waals surface area contributed by atoms with Gasteiger partial charge in [0.2, 0.25) is 0 Å². The fourth-order valence-electron chi connectivity index (χ4n) is 3.54. The van der Waals surface area contributed by atoms with Crippen molar-refractivity contribution in [2.45, 2.75) is 32.6 Å². The number of thiazole rings is 1. The molecule has 0 aliphatic heterocycles. The number of benzene rings is 2. The van der Waals surface area contributed by atoms with Gasteiger partial charge in [0.05, 0.1) is 41.3 Å². The summed E-state index contributed by atoms with van der Waals surface area (Å²) < 4.78 is 6.44. The molecule has 4 aromatic rings. The standard InChI is InChI=1S/C24H24N4O3S/c1-3-15(12-22(29)30)16-9-10-18(23-28-19-7-5-6-8-21(19)32-23)20(11-16)27-17-13-25-24(26-14-17)31-4-2/h5-11,13-15,27H,3-4,12H2,1-2H3,(H,29,30). The highest BCUT2D eigenvalue weighted by Gasteiger charge is 2.18. The van der Waals surface area contributed by atoms with Crippen molar-refractivity contribution >= 4 is 38.9 Å². The Kier molecular flexibility index (Phi) is 6.61. The number of hydrogen-bond donors (Lipinski definition) is 2. The van der Waals surface area contributed by atoms with Crippen LogP contribution in [0.4, 0.5) is 11.4 Å². The zero-order chi connectivity index (χ0) is 22.5. The molecule has 8 heteroatoms. The molecule has 0 saturated carbocycles. The minimum Gasteiger partial charge on any atom is -0.481 e. The normalized spacial score (nSPS) is 11.9. The minimum absolute atomic E-state index is 0.0750. The fraction of sp³-hybridized carbons (Fsp3) is 0.250. The van der Waals surface area contributed by atoms with E-state index in [1.807, 2.05) is 50.2 Å². The molecule has 0 aliphatic rings. The predicted molar refractivity (Wildman–Crippen MR) is 127 cm³/mol. The highest BCUT2D eigenvalue weighted by atomic mass is 32.1. The third-order valence-electron chi connectivity index (χ3n) is 5.13. The van der Waals surface area contributed by atoms with Crippen LogP contribution < -0.4 is 10.1 Å². The number of para-hydroxylation sites is 1. The van der Waals surface area contributed by atoms with Crippen LogP contribution in [0.25, 0.3) is 20.8 Å². The quantitative estimate of drug-likeness (QED) is 0.331. The Balaban J connectivity index is 1.75. The molecule has 1 unspecified atom stereocenters. The average Bonchev–Trinajstić information content (AvgIpc) is 3.23. The van der Waals surface area contributed by atoms with Gasteiger partial charge in [0, 0.05) is 11.3 Å². The molecule has 0 saturated heterocycles. The van der Waals surface area contributed by atoms with Gasteiger partial charge in [-0.05, 0) is 49.1 Å². The van der Waals surface area contributed by atoms with Crippen LogP contribution in [0.5, 0.6) is 6.01 Å². The first-order valence-electron chi connectivity index (χ1n) is 10.5. The van der Waals surface area contributed by atoms with Crippen molar-refractivity contribution in [3.8, 4) is 16.6 Å².